The first-order chi connectivity index (χ1) is 10.8. The maximum Gasteiger partial charge on any atom is 0.224 e. The van der Waals surface area contributed by atoms with Gasteiger partial charge in [-0.2, -0.15) is 0 Å². The van der Waals surface area contributed by atoms with Gasteiger partial charge in [-0.3, -0.25) is 4.79 Å². The van der Waals surface area contributed by atoms with Crippen LogP contribution in [0, 0.1) is 0 Å². The number of hydrogen-bond acceptors (Lipinski definition) is 3. The first kappa shape index (κ1) is 14.4. The number of rotatable bonds is 4. The number of hydrogen-bond donors (Lipinski definition) is 1. The third-order valence-electron chi connectivity index (χ3n) is 3.79. The van der Waals surface area contributed by atoms with Gasteiger partial charge in [-0.1, -0.05) is 36.4 Å². The monoisotopic (exact) mass is 297 g/mol. The number of carbonyl (C=O) groups is 1. The summed E-state index contributed by atoms with van der Waals surface area (Å²) in [7, 11) is 1.61. The zero-order valence-corrected chi connectivity index (χ0v) is 12.5. The van der Waals surface area contributed by atoms with Gasteiger partial charge < -0.3 is 14.8 Å². The van der Waals surface area contributed by atoms with Crippen LogP contribution < -0.4 is 14.8 Å². The number of nitrogens with one attached hydrogen (secondary N) is 1. The molecular formula is C18H19NO3. The van der Waals surface area contributed by atoms with Crippen LogP contribution >= 0.6 is 0 Å². The predicted molar refractivity (Wildman–Crippen MR) is 84.3 cm³/mol. The minimum Gasteiger partial charge on any atom is -0.496 e. The zero-order chi connectivity index (χ0) is 15.4. The van der Waals surface area contributed by atoms with Gasteiger partial charge in [-0.15, -0.1) is 0 Å². The van der Waals surface area contributed by atoms with E-state index in [2.05, 4.69) is 5.32 Å². The number of benzene rings is 2. The van der Waals surface area contributed by atoms with Gasteiger partial charge in [0.2, 0.25) is 5.91 Å². The molecule has 114 valence electrons. The Labute approximate surface area is 130 Å². The summed E-state index contributed by atoms with van der Waals surface area (Å²) >= 11 is 0. The summed E-state index contributed by atoms with van der Waals surface area (Å²) in [5.74, 6) is 1.64. The molecule has 1 aliphatic heterocycles. The first-order valence-electron chi connectivity index (χ1n) is 7.38. The molecule has 1 N–H and O–H groups in total. The summed E-state index contributed by atoms with van der Waals surface area (Å²) in [5, 5.41) is 3.04. The average molecular weight is 297 g/mol. The number of ether oxygens (including phenoxy) is 2. The molecule has 22 heavy (non-hydrogen) atoms. The number of fused-ring (bicyclic) bond motifs is 1. The molecule has 1 heterocycles. The second kappa shape index (κ2) is 6.52. The minimum absolute atomic E-state index is 0.0112. The molecule has 0 fully saturated rings. The Morgan fingerprint density at radius 3 is 2.86 bits per heavy atom. The van der Waals surface area contributed by atoms with E-state index < -0.39 is 0 Å². The number of amides is 1. The van der Waals surface area contributed by atoms with E-state index in [1.165, 1.54) is 0 Å². The van der Waals surface area contributed by atoms with Crippen LogP contribution in [0.3, 0.4) is 0 Å². The molecule has 4 nitrogen and oxygen atoms in total. The van der Waals surface area contributed by atoms with Gasteiger partial charge in [-0.25, -0.2) is 0 Å². The van der Waals surface area contributed by atoms with E-state index in [1.807, 2.05) is 48.5 Å². The first-order valence-corrected chi connectivity index (χ1v) is 7.38. The molecule has 1 aliphatic rings. The molecule has 3 rings (SSSR count). The van der Waals surface area contributed by atoms with Crippen LogP contribution in [-0.2, 0) is 17.6 Å². The quantitative estimate of drug-likeness (QED) is 0.942. The van der Waals surface area contributed by atoms with Crippen molar-refractivity contribution >= 4 is 5.91 Å². The Morgan fingerprint density at radius 1 is 1.23 bits per heavy atom. The van der Waals surface area contributed by atoms with E-state index in [0.29, 0.717) is 13.0 Å². The molecule has 0 saturated heterocycles. The normalized spacial score (nSPS) is 16.3. The van der Waals surface area contributed by atoms with Gasteiger partial charge >= 0.3 is 0 Å². The van der Waals surface area contributed by atoms with E-state index in [0.717, 1.165) is 29.0 Å². The molecule has 4 heteroatoms. The third-order valence-corrected chi connectivity index (χ3v) is 3.79. The van der Waals surface area contributed by atoms with Crippen molar-refractivity contribution in [1.29, 1.82) is 0 Å². The SMILES string of the molecule is COc1ccccc1CC(=O)NC1COc2ccccc2C1. The summed E-state index contributed by atoms with van der Waals surface area (Å²) in [5.41, 5.74) is 2.02. The van der Waals surface area contributed by atoms with Crippen LogP contribution in [0.15, 0.2) is 48.5 Å². The van der Waals surface area contributed by atoms with E-state index in [9.17, 15) is 4.79 Å². The van der Waals surface area contributed by atoms with Crippen LogP contribution in [0.2, 0.25) is 0 Å². The lowest BCUT2D eigenvalue weighted by atomic mass is 10.0. The van der Waals surface area contributed by atoms with Crippen molar-refractivity contribution in [2.24, 2.45) is 0 Å². The fraction of sp³-hybridized carbons (Fsp3) is 0.278. The molecule has 0 bridgehead atoms. The molecular weight excluding hydrogens is 278 g/mol. The summed E-state index contributed by atoms with van der Waals surface area (Å²) in [6.45, 7) is 0.509. The van der Waals surface area contributed by atoms with Crippen molar-refractivity contribution in [3.05, 3.63) is 59.7 Å². The Morgan fingerprint density at radius 2 is 2.00 bits per heavy atom. The van der Waals surface area contributed by atoms with Gasteiger partial charge in [-0.05, 0) is 24.1 Å². The highest BCUT2D eigenvalue weighted by atomic mass is 16.5. The Hall–Kier alpha value is -2.49. The third kappa shape index (κ3) is 3.22. The Kier molecular flexibility index (Phi) is 4.28. The van der Waals surface area contributed by atoms with Crippen molar-refractivity contribution in [1.82, 2.24) is 5.32 Å². The number of para-hydroxylation sites is 2. The Bertz CT molecular complexity index is 669. The van der Waals surface area contributed by atoms with Crippen LogP contribution in [0.5, 0.6) is 11.5 Å². The van der Waals surface area contributed by atoms with Crippen LogP contribution in [0.1, 0.15) is 11.1 Å². The molecule has 0 spiro atoms. The number of methoxy groups -OCH3 is 1. The van der Waals surface area contributed by atoms with Gasteiger partial charge in [0.1, 0.15) is 18.1 Å². The average Bonchev–Trinajstić information content (AvgIpc) is 2.55. The highest BCUT2D eigenvalue weighted by molar-refractivity contribution is 5.79. The highest BCUT2D eigenvalue weighted by Crippen LogP contribution is 2.24. The molecule has 1 atom stereocenters. The molecule has 0 aromatic heterocycles. The molecule has 0 saturated carbocycles. The largest absolute Gasteiger partial charge is 0.496 e. The molecule has 1 amide bonds. The molecule has 2 aromatic carbocycles. The van der Waals surface area contributed by atoms with Crippen molar-refractivity contribution in [3.63, 3.8) is 0 Å². The summed E-state index contributed by atoms with van der Waals surface area (Å²) in [6, 6.07) is 15.5. The zero-order valence-electron chi connectivity index (χ0n) is 12.5. The van der Waals surface area contributed by atoms with E-state index in [-0.39, 0.29) is 11.9 Å². The highest BCUT2D eigenvalue weighted by Gasteiger charge is 2.21. The van der Waals surface area contributed by atoms with Crippen molar-refractivity contribution in [2.45, 2.75) is 18.9 Å². The predicted octanol–water partition coefficient (Wildman–Crippen LogP) is 2.36. The lowest BCUT2D eigenvalue weighted by molar-refractivity contribution is -0.121. The maximum absolute atomic E-state index is 12.2. The van der Waals surface area contributed by atoms with Crippen molar-refractivity contribution < 1.29 is 14.3 Å². The maximum atomic E-state index is 12.2. The Balaban J connectivity index is 1.61. The van der Waals surface area contributed by atoms with Gasteiger partial charge in [0, 0.05) is 5.56 Å². The van der Waals surface area contributed by atoms with Gasteiger partial charge in [0.05, 0.1) is 19.6 Å². The second-order valence-electron chi connectivity index (χ2n) is 5.38. The number of carbonyl (C=O) groups excluding carboxylic acids is 1. The van der Waals surface area contributed by atoms with Crippen molar-refractivity contribution in [2.75, 3.05) is 13.7 Å². The fourth-order valence-electron chi connectivity index (χ4n) is 2.72. The minimum atomic E-state index is -0.0162. The fourth-order valence-corrected chi connectivity index (χ4v) is 2.72. The topological polar surface area (TPSA) is 47.6 Å². The summed E-state index contributed by atoms with van der Waals surface area (Å²) in [4.78, 5) is 12.2. The smallest absolute Gasteiger partial charge is 0.224 e. The molecule has 1 unspecified atom stereocenters. The standard InChI is InChI=1S/C18H19NO3/c1-21-16-8-4-2-7-14(16)11-18(20)19-15-10-13-6-3-5-9-17(13)22-12-15/h2-9,15H,10-12H2,1H3,(H,19,20). The van der Waals surface area contributed by atoms with Crippen LogP contribution in [0.25, 0.3) is 0 Å². The lowest BCUT2D eigenvalue weighted by Crippen LogP contribution is -2.43. The summed E-state index contributed by atoms with van der Waals surface area (Å²) < 4.78 is 11.0. The van der Waals surface area contributed by atoms with Crippen LogP contribution in [0.4, 0.5) is 0 Å². The van der Waals surface area contributed by atoms with Gasteiger partial charge in [0.15, 0.2) is 0 Å². The van der Waals surface area contributed by atoms with Gasteiger partial charge in [0.25, 0.3) is 0 Å². The van der Waals surface area contributed by atoms with E-state index >= 15 is 0 Å². The molecule has 0 radical (unpaired) electrons. The lowest BCUT2D eigenvalue weighted by Gasteiger charge is -2.26. The van der Waals surface area contributed by atoms with Crippen LogP contribution in [-0.4, -0.2) is 25.7 Å². The van der Waals surface area contributed by atoms with E-state index in [1.54, 1.807) is 7.11 Å². The molecule has 2 aromatic rings. The van der Waals surface area contributed by atoms with Crippen molar-refractivity contribution in [3.8, 4) is 11.5 Å². The van der Waals surface area contributed by atoms with E-state index in [4.69, 9.17) is 9.47 Å². The molecule has 0 aliphatic carbocycles. The summed E-state index contributed by atoms with van der Waals surface area (Å²) in [6.07, 6.45) is 1.11. The second-order valence-corrected chi connectivity index (χ2v) is 5.38.